The number of aromatic amines is 1. The lowest BCUT2D eigenvalue weighted by atomic mass is 10.00. The van der Waals surface area contributed by atoms with Gasteiger partial charge in [-0.05, 0) is 87.6 Å². The van der Waals surface area contributed by atoms with Crippen molar-refractivity contribution in [2.45, 2.75) is 59.0 Å². The van der Waals surface area contributed by atoms with E-state index in [0.717, 1.165) is 18.7 Å². The van der Waals surface area contributed by atoms with E-state index in [-0.39, 0.29) is 29.9 Å². The SMILES string of the molecule is Cc1cc(F)cc(C)c1Oc1ccc(CC(=O)OC(C)C)cc1-c1cn(C)c(=O)c2cc(-c3cnc(C4CC4)[nH]3)oc12. The molecule has 0 bridgehead atoms. The van der Waals surface area contributed by atoms with Crippen LogP contribution in [-0.4, -0.2) is 26.6 Å². The van der Waals surface area contributed by atoms with Gasteiger partial charge in [0.2, 0.25) is 0 Å². The van der Waals surface area contributed by atoms with Gasteiger partial charge in [0.25, 0.3) is 5.56 Å². The van der Waals surface area contributed by atoms with Crippen LogP contribution in [0.25, 0.3) is 33.6 Å². The summed E-state index contributed by atoms with van der Waals surface area (Å²) < 4.78 is 33.7. The quantitative estimate of drug-likeness (QED) is 0.200. The number of rotatable bonds is 8. The van der Waals surface area contributed by atoms with Gasteiger partial charge in [0, 0.05) is 30.3 Å². The minimum atomic E-state index is -0.355. The van der Waals surface area contributed by atoms with E-state index in [1.807, 2.05) is 6.07 Å². The maximum Gasteiger partial charge on any atom is 0.310 e. The molecule has 1 aliphatic carbocycles. The number of pyridine rings is 1. The first-order chi connectivity index (χ1) is 20.1. The van der Waals surface area contributed by atoms with E-state index in [9.17, 15) is 14.0 Å². The molecule has 9 heteroatoms. The van der Waals surface area contributed by atoms with Crippen molar-refractivity contribution in [1.82, 2.24) is 14.5 Å². The first-order valence-corrected chi connectivity index (χ1v) is 14.0. The third kappa shape index (κ3) is 5.34. The van der Waals surface area contributed by atoms with Gasteiger partial charge in [-0.2, -0.15) is 0 Å². The fourth-order valence-corrected chi connectivity index (χ4v) is 5.23. The van der Waals surface area contributed by atoms with Crippen molar-refractivity contribution in [3.63, 3.8) is 0 Å². The smallest absolute Gasteiger partial charge is 0.310 e. The summed E-state index contributed by atoms with van der Waals surface area (Å²) in [5.41, 5.74) is 4.06. The summed E-state index contributed by atoms with van der Waals surface area (Å²) in [7, 11) is 1.68. The Bertz CT molecular complexity index is 1870. The number of benzene rings is 2. The van der Waals surface area contributed by atoms with Crippen molar-refractivity contribution in [2.24, 2.45) is 7.05 Å². The second-order valence-corrected chi connectivity index (χ2v) is 11.3. The topological polar surface area (TPSA) is 99.4 Å². The van der Waals surface area contributed by atoms with Gasteiger partial charge < -0.3 is 23.4 Å². The average molecular weight is 570 g/mol. The number of carbonyl (C=O) groups is 1. The highest BCUT2D eigenvalue weighted by Gasteiger charge is 2.27. The van der Waals surface area contributed by atoms with Crippen LogP contribution in [0.1, 0.15) is 55.1 Å². The molecule has 0 unspecified atom stereocenters. The molecule has 3 heterocycles. The largest absolute Gasteiger partial charge is 0.463 e. The maximum atomic E-state index is 14.1. The lowest BCUT2D eigenvalue weighted by molar-refractivity contribution is -0.146. The Labute approximate surface area is 242 Å². The Kier molecular flexibility index (Phi) is 6.96. The Balaban J connectivity index is 1.51. The van der Waals surface area contributed by atoms with Gasteiger partial charge in [-0.3, -0.25) is 9.59 Å². The molecular weight excluding hydrogens is 537 g/mol. The molecule has 0 spiro atoms. The highest BCUT2D eigenvalue weighted by atomic mass is 19.1. The second kappa shape index (κ2) is 10.6. The summed E-state index contributed by atoms with van der Waals surface area (Å²) in [6, 6.07) is 9.97. The Hall–Kier alpha value is -4.66. The number of esters is 1. The van der Waals surface area contributed by atoms with Crippen molar-refractivity contribution in [2.75, 3.05) is 0 Å². The Morgan fingerprint density at radius 3 is 2.57 bits per heavy atom. The van der Waals surface area contributed by atoms with Crippen LogP contribution in [0.15, 0.2) is 58.0 Å². The minimum absolute atomic E-state index is 0.0520. The van der Waals surface area contributed by atoms with Gasteiger partial charge >= 0.3 is 5.97 Å². The summed E-state index contributed by atoms with van der Waals surface area (Å²) >= 11 is 0. The minimum Gasteiger partial charge on any atom is -0.463 e. The Morgan fingerprint density at radius 2 is 1.88 bits per heavy atom. The van der Waals surface area contributed by atoms with Crippen molar-refractivity contribution >= 4 is 16.9 Å². The first-order valence-electron chi connectivity index (χ1n) is 14.0. The second-order valence-electron chi connectivity index (χ2n) is 11.3. The molecule has 1 N–H and O–H groups in total. The molecule has 1 saturated carbocycles. The van der Waals surface area contributed by atoms with Gasteiger partial charge in [0.05, 0.1) is 24.1 Å². The van der Waals surface area contributed by atoms with Gasteiger partial charge in [0.1, 0.15) is 34.4 Å². The number of aromatic nitrogens is 3. The lowest BCUT2D eigenvalue weighted by Crippen LogP contribution is -2.16. The normalized spacial score (nSPS) is 13.2. The number of H-pyrrole nitrogens is 1. The summed E-state index contributed by atoms with van der Waals surface area (Å²) in [6.07, 6.45) is 5.45. The fraction of sp³-hybridized carbons (Fsp3) is 0.303. The number of hydrogen-bond acceptors (Lipinski definition) is 6. The fourth-order valence-electron chi connectivity index (χ4n) is 5.23. The van der Waals surface area contributed by atoms with Crippen molar-refractivity contribution in [3.8, 4) is 34.1 Å². The van der Waals surface area contributed by atoms with Crippen molar-refractivity contribution in [3.05, 3.63) is 87.5 Å². The molecule has 0 amide bonds. The number of nitrogens with one attached hydrogen (secondary N) is 1. The number of hydrogen-bond donors (Lipinski definition) is 1. The molecule has 0 saturated heterocycles. The van der Waals surface area contributed by atoms with Gasteiger partial charge in [-0.25, -0.2) is 9.37 Å². The first kappa shape index (κ1) is 27.5. The molecular formula is C33H32FN3O5. The molecule has 0 radical (unpaired) electrons. The maximum absolute atomic E-state index is 14.1. The molecule has 2 aromatic carbocycles. The molecule has 1 fully saturated rings. The molecule has 0 atom stereocenters. The van der Waals surface area contributed by atoms with Crippen LogP contribution in [0.2, 0.25) is 0 Å². The van der Waals surface area contributed by atoms with Crippen molar-refractivity contribution in [1.29, 1.82) is 0 Å². The summed E-state index contributed by atoms with van der Waals surface area (Å²) in [6.45, 7) is 7.17. The van der Waals surface area contributed by atoms with E-state index in [1.54, 1.807) is 65.3 Å². The van der Waals surface area contributed by atoms with Crippen LogP contribution in [0, 0.1) is 19.7 Å². The number of imidazole rings is 1. The predicted octanol–water partition coefficient (Wildman–Crippen LogP) is 7.11. The van der Waals surface area contributed by atoms with Crippen LogP contribution in [-0.2, 0) is 23.0 Å². The highest BCUT2D eigenvalue weighted by Crippen LogP contribution is 2.42. The molecule has 6 rings (SSSR count). The van der Waals surface area contributed by atoms with Crippen LogP contribution < -0.4 is 10.3 Å². The number of furan rings is 1. The molecule has 1 aliphatic rings. The number of ether oxygens (including phenoxy) is 2. The van der Waals surface area contributed by atoms with Crippen LogP contribution in [0.5, 0.6) is 11.5 Å². The van der Waals surface area contributed by atoms with E-state index in [4.69, 9.17) is 13.9 Å². The molecule has 8 nitrogen and oxygen atoms in total. The van der Waals surface area contributed by atoms with Gasteiger partial charge in [0.15, 0.2) is 5.76 Å². The molecule has 5 aromatic rings. The average Bonchev–Trinajstić information content (AvgIpc) is 3.47. The van der Waals surface area contributed by atoms with Gasteiger partial charge in [-0.15, -0.1) is 0 Å². The van der Waals surface area contributed by atoms with Crippen LogP contribution >= 0.6 is 0 Å². The number of carbonyl (C=O) groups excluding carboxylic acids is 1. The third-order valence-electron chi connectivity index (χ3n) is 7.36. The van der Waals surface area contributed by atoms with Gasteiger partial charge in [-0.1, -0.05) is 6.07 Å². The van der Waals surface area contributed by atoms with Crippen molar-refractivity contribution < 1.29 is 23.1 Å². The predicted molar refractivity (Wildman–Crippen MR) is 157 cm³/mol. The zero-order valence-corrected chi connectivity index (χ0v) is 24.2. The van der Waals surface area contributed by atoms with E-state index in [1.165, 1.54) is 16.7 Å². The summed E-state index contributed by atoms with van der Waals surface area (Å²) in [5.74, 6) is 2.14. The monoisotopic (exact) mass is 569 g/mol. The number of fused-ring (bicyclic) bond motifs is 1. The number of aryl methyl sites for hydroxylation is 3. The van der Waals surface area contributed by atoms with E-state index in [0.29, 0.717) is 67.7 Å². The van der Waals surface area contributed by atoms with E-state index in [2.05, 4.69) is 9.97 Å². The zero-order chi connectivity index (χ0) is 29.7. The van der Waals surface area contributed by atoms with E-state index >= 15 is 0 Å². The zero-order valence-electron chi connectivity index (χ0n) is 24.2. The van der Waals surface area contributed by atoms with Crippen LogP contribution in [0.4, 0.5) is 4.39 Å². The molecule has 42 heavy (non-hydrogen) atoms. The number of nitrogens with zero attached hydrogens (tertiary/aromatic N) is 2. The lowest BCUT2D eigenvalue weighted by Gasteiger charge is -2.17. The standard InChI is InChI=1S/C33H32FN3O5/c1-17(2)40-29(38)13-20-6-9-27(41-30-18(3)10-22(34)11-19(30)4)23(12-20)25-16-37(5)33(39)24-14-28(42-31(24)25)26-15-35-32(36-26)21-7-8-21/h6,9-12,14-17,21H,7-8,13H2,1-5H3,(H,35,36). The molecule has 0 aliphatic heterocycles. The summed E-state index contributed by atoms with van der Waals surface area (Å²) in [4.78, 5) is 33.6. The van der Waals surface area contributed by atoms with E-state index < -0.39 is 0 Å². The highest BCUT2D eigenvalue weighted by molar-refractivity contribution is 5.95. The molecule has 3 aromatic heterocycles. The molecule has 216 valence electrons. The number of halogens is 1. The Morgan fingerprint density at radius 1 is 1.14 bits per heavy atom. The van der Waals surface area contributed by atoms with Crippen LogP contribution in [0.3, 0.4) is 0 Å². The third-order valence-corrected chi connectivity index (χ3v) is 7.36. The summed E-state index contributed by atoms with van der Waals surface area (Å²) in [5, 5.41) is 0.400.